The fourth-order valence-electron chi connectivity index (χ4n) is 4.78. The van der Waals surface area contributed by atoms with Crippen molar-refractivity contribution in [1.82, 2.24) is 9.88 Å². The fraction of sp³-hybridized carbons (Fsp3) is 0.296. The largest absolute Gasteiger partial charge is 0.353 e. The Kier molecular flexibility index (Phi) is 6.73. The smallest absolute Gasteiger partial charge is 0.231 e. The van der Waals surface area contributed by atoms with Gasteiger partial charge in [0.1, 0.15) is 5.82 Å². The highest BCUT2D eigenvalue weighted by atomic mass is 32.2. The van der Waals surface area contributed by atoms with E-state index < -0.39 is 15.8 Å². The molecule has 2 aliphatic rings. The maximum Gasteiger partial charge on any atom is 0.231 e. The molecule has 1 saturated heterocycles. The van der Waals surface area contributed by atoms with Crippen LogP contribution in [0.4, 0.5) is 11.5 Å². The summed E-state index contributed by atoms with van der Waals surface area (Å²) in [4.78, 5) is 33.8. The Labute approximate surface area is 210 Å². The molecule has 8 nitrogen and oxygen atoms in total. The van der Waals surface area contributed by atoms with Gasteiger partial charge in [-0.15, -0.1) is 0 Å². The molecule has 2 aromatic carbocycles. The number of amides is 2. The van der Waals surface area contributed by atoms with E-state index in [1.165, 1.54) is 6.07 Å². The third kappa shape index (κ3) is 5.11. The summed E-state index contributed by atoms with van der Waals surface area (Å²) in [6.07, 6.45) is 2.57. The van der Waals surface area contributed by atoms with Gasteiger partial charge in [-0.05, 0) is 47.9 Å². The first-order chi connectivity index (χ1) is 17.4. The van der Waals surface area contributed by atoms with Crippen LogP contribution < -0.4 is 10.2 Å². The van der Waals surface area contributed by atoms with E-state index in [2.05, 4.69) is 15.2 Å². The topological polar surface area (TPSA) is 99.7 Å². The van der Waals surface area contributed by atoms with E-state index >= 15 is 0 Å². The highest BCUT2D eigenvalue weighted by Crippen LogP contribution is 2.29. The van der Waals surface area contributed by atoms with Gasteiger partial charge in [0.2, 0.25) is 11.8 Å². The first-order valence-electron chi connectivity index (χ1n) is 12.1. The Balaban J connectivity index is 1.36. The van der Waals surface area contributed by atoms with E-state index in [4.69, 9.17) is 0 Å². The molecule has 1 N–H and O–H groups in total. The highest BCUT2D eigenvalue weighted by molar-refractivity contribution is 7.91. The lowest BCUT2D eigenvalue weighted by molar-refractivity contribution is -0.132. The average Bonchev–Trinajstić information content (AvgIpc) is 2.92. The SMILES string of the molecule is O=C1CCc2cc(S(=O)(=O)CC(C(=O)N3CCN(c4ccccn4)CC3)c3ccccc3)ccc2N1. The number of piperazine rings is 1. The second-order valence-electron chi connectivity index (χ2n) is 9.11. The normalized spacial score (nSPS) is 16.7. The number of carbonyl (C=O) groups is 2. The van der Waals surface area contributed by atoms with Gasteiger partial charge in [-0.3, -0.25) is 9.59 Å². The van der Waals surface area contributed by atoms with Crippen LogP contribution in [0, 0.1) is 0 Å². The lowest BCUT2D eigenvalue weighted by atomic mass is 9.99. The second-order valence-corrected chi connectivity index (χ2v) is 11.1. The Hall–Kier alpha value is -3.72. The molecular weight excluding hydrogens is 476 g/mol. The maximum absolute atomic E-state index is 13.7. The van der Waals surface area contributed by atoms with Crippen LogP contribution in [0.25, 0.3) is 0 Å². The first-order valence-corrected chi connectivity index (χ1v) is 13.7. The summed E-state index contributed by atoms with van der Waals surface area (Å²) in [5.74, 6) is -0.517. The van der Waals surface area contributed by atoms with Crippen LogP contribution in [0.1, 0.15) is 23.5 Å². The molecule has 3 aromatic rings. The molecule has 36 heavy (non-hydrogen) atoms. The van der Waals surface area contributed by atoms with Crippen molar-refractivity contribution < 1.29 is 18.0 Å². The Morgan fingerprint density at radius 1 is 0.944 bits per heavy atom. The van der Waals surface area contributed by atoms with Crippen molar-refractivity contribution in [2.75, 3.05) is 42.1 Å². The predicted octanol–water partition coefficient (Wildman–Crippen LogP) is 2.87. The summed E-state index contributed by atoms with van der Waals surface area (Å²) in [6, 6.07) is 19.6. The zero-order chi connectivity index (χ0) is 25.1. The Morgan fingerprint density at radius 2 is 1.69 bits per heavy atom. The van der Waals surface area contributed by atoms with Crippen LogP contribution in [0.3, 0.4) is 0 Å². The number of aromatic nitrogens is 1. The van der Waals surface area contributed by atoms with Gasteiger partial charge in [0.15, 0.2) is 9.84 Å². The molecule has 186 valence electrons. The summed E-state index contributed by atoms with van der Waals surface area (Å²) < 4.78 is 27.0. The van der Waals surface area contributed by atoms with E-state index in [1.54, 1.807) is 23.2 Å². The molecule has 0 spiro atoms. The Bertz CT molecular complexity index is 1360. The lowest BCUT2D eigenvalue weighted by Crippen LogP contribution is -2.50. The molecule has 1 fully saturated rings. The zero-order valence-electron chi connectivity index (χ0n) is 19.8. The number of carbonyl (C=O) groups excluding carboxylic acids is 2. The van der Waals surface area contributed by atoms with Crippen molar-refractivity contribution in [3.63, 3.8) is 0 Å². The summed E-state index contributed by atoms with van der Waals surface area (Å²) >= 11 is 0. The summed E-state index contributed by atoms with van der Waals surface area (Å²) in [5.41, 5.74) is 2.12. The number of benzene rings is 2. The minimum Gasteiger partial charge on any atom is -0.353 e. The van der Waals surface area contributed by atoms with Crippen LogP contribution in [-0.2, 0) is 25.8 Å². The lowest BCUT2D eigenvalue weighted by Gasteiger charge is -2.37. The highest BCUT2D eigenvalue weighted by Gasteiger charge is 2.33. The number of nitrogens with one attached hydrogen (secondary N) is 1. The van der Waals surface area contributed by atoms with Crippen LogP contribution >= 0.6 is 0 Å². The summed E-state index contributed by atoms with van der Waals surface area (Å²) in [7, 11) is -3.77. The van der Waals surface area contributed by atoms with Crippen LogP contribution in [-0.4, -0.2) is 62.0 Å². The molecule has 0 saturated carbocycles. The van der Waals surface area contributed by atoms with Gasteiger partial charge in [-0.25, -0.2) is 13.4 Å². The molecule has 1 unspecified atom stereocenters. The van der Waals surface area contributed by atoms with Gasteiger partial charge < -0.3 is 15.1 Å². The molecule has 5 rings (SSSR count). The van der Waals surface area contributed by atoms with Crippen LogP contribution in [0.5, 0.6) is 0 Å². The average molecular weight is 505 g/mol. The zero-order valence-corrected chi connectivity index (χ0v) is 20.7. The van der Waals surface area contributed by atoms with Gasteiger partial charge >= 0.3 is 0 Å². The van der Waals surface area contributed by atoms with Crippen molar-refractivity contribution in [3.8, 4) is 0 Å². The number of rotatable bonds is 6. The second kappa shape index (κ2) is 10.1. The van der Waals surface area contributed by atoms with Crippen LogP contribution in [0.2, 0.25) is 0 Å². The van der Waals surface area contributed by atoms with Crippen LogP contribution in [0.15, 0.2) is 77.8 Å². The molecular formula is C27H28N4O4S. The standard InChI is InChI=1S/C27H28N4O4S/c32-26-12-9-21-18-22(10-11-24(21)29-26)36(34,35)19-23(20-6-2-1-3-7-20)27(33)31-16-14-30(15-17-31)25-8-4-5-13-28-25/h1-8,10-11,13,18,23H,9,12,14-17,19H2,(H,29,32). The van der Waals surface area contributed by atoms with Crippen molar-refractivity contribution in [2.24, 2.45) is 0 Å². The van der Waals surface area contributed by atoms with E-state index in [0.29, 0.717) is 50.3 Å². The molecule has 1 atom stereocenters. The third-order valence-electron chi connectivity index (χ3n) is 6.78. The van der Waals surface area contributed by atoms with Crippen molar-refractivity contribution in [3.05, 3.63) is 84.1 Å². The molecule has 0 aliphatic carbocycles. The number of hydrogen-bond donors (Lipinski definition) is 1. The molecule has 1 aromatic heterocycles. The van der Waals surface area contributed by atoms with E-state index in [-0.39, 0.29) is 22.5 Å². The van der Waals surface area contributed by atoms with E-state index in [0.717, 1.165) is 11.4 Å². The molecule has 2 amide bonds. The van der Waals surface area contributed by atoms with Gasteiger partial charge in [0.05, 0.1) is 16.6 Å². The minimum absolute atomic E-state index is 0.0732. The number of nitrogens with zero attached hydrogens (tertiary/aromatic N) is 3. The number of aryl methyl sites for hydroxylation is 1. The summed E-state index contributed by atoms with van der Waals surface area (Å²) in [6.45, 7) is 2.26. The van der Waals surface area contributed by atoms with Crippen molar-refractivity contribution >= 4 is 33.2 Å². The molecule has 2 aliphatic heterocycles. The third-order valence-corrected chi connectivity index (χ3v) is 8.53. The number of fused-ring (bicyclic) bond motifs is 1. The Morgan fingerprint density at radius 3 is 2.42 bits per heavy atom. The monoisotopic (exact) mass is 504 g/mol. The molecule has 0 radical (unpaired) electrons. The van der Waals surface area contributed by atoms with E-state index in [1.807, 2.05) is 48.5 Å². The number of sulfone groups is 1. The van der Waals surface area contributed by atoms with Gasteiger partial charge in [0, 0.05) is 44.5 Å². The van der Waals surface area contributed by atoms with Crippen molar-refractivity contribution in [2.45, 2.75) is 23.7 Å². The predicted molar refractivity (Wildman–Crippen MR) is 138 cm³/mol. The van der Waals surface area contributed by atoms with Gasteiger partial charge in [0.25, 0.3) is 0 Å². The maximum atomic E-state index is 13.7. The number of anilines is 2. The van der Waals surface area contributed by atoms with Gasteiger partial charge in [-0.2, -0.15) is 0 Å². The quantitative estimate of drug-likeness (QED) is 0.554. The molecule has 3 heterocycles. The first kappa shape index (κ1) is 24.0. The molecule has 9 heteroatoms. The summed E-state index contributed by atoms with van der Waals surface area (Å²) in [5, 5.41) is 2.78. The van der Waals surface area contributed by atoms with Crippen molar-refractivity contribution in [1.29, 1.82) is 0 Å². The minimum atomic E-state index is -3.77. The van der Waals surface area contributed by atoms with Gasteiger partial charge in [-0.1, -0.05) is 36.4 Å². The molecule has 0 bridgehead atoms. The fourth-order valence-corrected chi connectivity index (χ4v) is 6.34. The number of pyridine rings is 1. The number of hydrogen-bond acceptors (Lipinski definition) is 6. The van der Waals surface area contributed by atoms with E-state index in [9.17, 15) is 18.0 Å².